The Hall–Kier alpha value is -2.90. The fourth-order valence-electron chi connectivity index (χ4n) is 4.28. The van der Waals surface area contributed by atoms with Crippen molar-refractivity contribution < 1.29 is 9.59 Å². The molecule has 0 fully saturated rings. The summed E-state index contributed by atoms with van der Waals surface area (Å²) in [4.78, 5) is 26.3. The van der Waals surface area contributed by atoms with Crippen LogP contribution in [0, 0.1) is 0 Å². The van der Waals surface area contributed by atoms with Gasteiger partial charge in [0.1, 0.15) is 10.0 Å². The third-order valence-corrected chi connectivity index (χ3v) is 8.13. The molecule has 158 valence electrons. The number of amides is 2. The van der Waals surface area contributed by atoms with Crippen LogP contribution in [0.5, 0.6) is 0 Å². The van der Waals surface area contributed by atoms with E-state index in [1.807, 2.05) is 36.7 Å². The predicted octanol–water partition coefficient (Wildman–Crippen LogP) is 6.16. The highest BCUT2D eigenvalue weighted by molar-refractivity contribution is 7.21. The predicted molar refractivity (Wildman–Crippen MR) is 128 cm³/mol. The van der Waals surface area contributed by atoms with E-state index in [1.54, 1.807) is 29.6 Å². The quantitative estimate of drug-likeness (QED) is 0.359. The first kappa shape index (κ1) is 20.0. The van der Waals surface area contributed by atoms with Gasteiger partial charge in [-0.05, 0) is 61.8 Å². The third-order valence-electron chi connectivity index (χ3n) is 5.69. The van der Waals surface area contributed by atoms with Crippen LogP contribution in [0.3, 0.4) is 0 Å². The van der Waals surface area contributed by atoms with Crippen LogP contribution in [0.4, 0.5) is 9.80 Å². The summed E-state index contributed by atoms with van der Waals surface area (Å²) in [6, 6.07) is 12.0. The van der Waals surface area contributed by atoms with Gasteiger partial charge in [-0.2, -0.15) is 0 Å². The highest BCUT2D eigenvalue weighted by Crippen LogP contribution is 2.38. The number of urea groups is 1. The van der Waals surface area contributed by atoms with Crippen LogP contribution in [0.25, 0.3) is 15.1 Å². The van der Waals surface area contributed by atoms with Crippen molar-refractivity contribution in [2.24, 2.45) is 0 Å². The number of fused-ring (bicyclic) bond motifs is 2. The molecule has 31 heavy (non-hydrogen) atoms. The standard InChI is InChI=1S/C24H23N3O2S2/c1-15(28)21-17-9-3-5-11-20(17)30-22(21)26-24(29)25-14-18-16-8-2-4-10-19(16)31-23(18)27-12-6-7-13-27/h2,4,6-8,10,12-13H,3,5,9,11,14H2,1H3,(H2,25,26,29). The van der Waals surface area contributed by atoms with E-state index < -0.39 is 0 Å². The van der Waals surface area contributed by atoms with E-state index in [-0.39, 0.29) is 11.8 Å². The van der Waals surface area contributed by atoms with Gasteiger partial charge in [-0.1, -0.05) is 18.2 Å². The van der Waals surface area contributed by atoms with Crippen molar-refractivity contribution in [3.05, 3.63) is 70.4 Å². The fraction of sp³-hybridized carbons (Fsp3) is 0.250. The normalized spacial score (nSPS) is 13.2. The number of nitrogens with zero attached hydrogens (tertiary/aromatic N) is 1. The van der Waals surface area contributed by atoms with E-state index in [0.717, 1.165) is 47.2 Å². The number of ketones is 1. The van der Waals surface area contributed by atoms with Gasteiger partial charge in [-0.3, -0.25) is 10.1 Å². The van der Waals surface area contributed by atoms with Crippen molar-refractivity contribution in [1.29, 1.82) is 0 Å². The zero-order valence-electron chi connectivity index (χ0n) is 17.2. The summed E-state index contributed by atoms with van der Waals surface area (Å²) in [5.74, 6) is 0.0217. The minimum atomic E-state index is -0.283. The second kappa shape index (κ2) is 8.32. The second-order valence-corrected chi connectivity index (χ2v) is 9.89. The average Bonchev–Trinajstić information content (AvgIpc) is 3.48. The molecule has 1 aliphatic carbocycles. The lowest BCUT2D eigenvalue weighted by atomic mass is 9.94. The molecule has 7 heteroatoms. The molecule has 2 amide bonds. The number of aromatic nitrogens is 1. The summed E-state index contributed by atoms with van der Waals surface area (Å²) in [5, 5.41) is 8.90. The molecule has 3 aromatic heterocycles. The molecule has 3 heterocycles. The van der Waals surface area contributed by atoms with Gasteiger partial charge >= 0.3 is 6.03 Å². The summed E-state index contributed by atoms with van der Waals surface area (Å²) in [6.07, 6.45) is 8.19. The number of thiophene rings is 2. The maximum Gasteiger partial charge on any atom is 0.320 e. The van der Waals surface area contributed by atoms with Crippen LogP contribution >= 0.6 is 22.7 Å². The number of anilines is 1. The SMILES string of the molecule is CC(=O)c1c(NC(=O)NCc2c(-n3cccc3)sc3ccccc23)sc2c1CCCC2. The van der Waals surface area contributed by atoms with Crippen LogP contribution in [0.2, 0.25) is 0 Å². The first-order valence-corrected chi connectivity index (χ1v) is 12.1. The Morgan fingerprint density at radius 1 is 1.03 bits per heavy atom. The van der Waals surface area contributed by atoms with Gasteiger partial charge in [0.05, 0.1) is 5.56 Å². The van der Waals surface area contributed by atoms with Crippen LogP contribution < -0.4 is 10.6 Å². The highest BCUT2D eigenvalue weighted by Gasteiger charge is 2.24. The van der Waals surface area contributed by atoms with Crippen molar-refractivity contribution >= 4 is 49.6 Å². The van der Waals surface area contributed by atoms with Crippen molar-refractivity contribution in [2.75, 3.05) is 5.32 Å². The molecule has 1 aromatic carbocycles. The largest absolute Gasteiger partial charge is 0.334 e. The topological polar surface area (TPSA) is 63.1 Å². The lowest BCUT2D eigenvalue weighted by Gasteiger charge is -2.11. The number of hydrogen-bond acceptors (Lipinski definition) is 4. The Labute approximate surface area is 188 Å². The van der Waals surface area contributed by atoms with Crippen molar-refractivity contribution in [2.45, 2.75) is 39.2 Å². The molecule has 0 unspecified atom stereocenters. The lowest BCUT2D eigenvalue weighted by molar-refractivity contribution is 0.101. The molecule has 5 nitrogen and oxygen atoms in total. The molecule has 0 bridgehead atoms. The van der Waals surface area contributed by atoms with E-state index >= 15 is 0 Å². The van der Waals surface area contributed by atoms with E-state index in [2.05, 4.69) is 27.3 Å². The first-order valence-electron chi connectivity index (χ1n) is 10.5. The lowest BCUT2D eigenvalue weighted by Crippen LogP contribution is -2.28. The van der Waals surface area contributed by atoms with Crippen molar-refractivity contribution in [1.82, 2.24) is 9.88 Å². The monoisotopic (exact) mass is 449 g/mol. The number of hydrogen-bond donors (Lipinski definition) is 2. The fourth-order valence-corrected chi connectivity index (χ4v) is 6.80. The van der Waals surface area contributed by atoms with Crippen molar-refractivity contribution in [3.8, 4) is 5.00 Å². The van der Waals surface area contributed by atoms with Gasteiger partial charge in [0.15, 0.2) is 5.78 Å². The highest BCUT2D eigenvalue weighted by atomic mass is 32.1. The maximum atomic E-state index is 12.8. The van der Waals surface area contributed by atoms with E-state index in [0.29, 0.717) is 17.1 Å². The first-order chi connectivity index (χ1) is 15.1. The molecule has 2 N–H and O–H groups in total. The zero-order chi connectivity index (χ0) is 21.4. The maximum absolute atomic E-state index is 12.8. The van der Waals surface area contributed by atoms with Crippen LogP contribution in [0.1, 0.15) is 46.1 Å². The Kier molecular flexibility index (Phi) is 5.38. The molecule has 5 rings (SSSR count). The number of rotatable bonds is 5. The van der Waals surface area contributed by atoms with Gasteiger partial charge in [0.2, 0.25) is 0 Å². The minimum absolute atomic E-state index is 0.0217. The third kappa shape index (κ3) is 3.79. The molecule has 0 spiro atoms. The summed E-state index contributed by atoms with van der Waals surface area (Å²) in [7, 11) is 0. The Bertz CT molecular complexity index is 1270. The summed E-state index contributed by atoms with van der Waals surface area (Å²) in [5.41, 5.74) is 2.92. The van der Waals surface area contributed by atoms with Crippen LogP contribution in [0.15, 0.2) is 48.8 Å². The average molecular weight is 450 g/mol. The molecular formula is C24H23N3O2S2. The van der Waals surface area contributed by atoms with Gasteiger partial charge in [-0.25, -0.2) is 4.79 Å². The molecule has 0 saturated heterocycles. The summed E-state index contributed by atoms with van der Waals surface area (Å²) >= 11 is 3.26. The molecule has 1 aliphatic rings. The minimum Gasteiger partial charge on any atom is -0.334 e. The molecule has 0 saturated carbocycles. The number of nitrogens with one attached hydrogen (secondary N) is 2. The van der Waals surface area contributed by atoms with Gasteiger partial charge in [0, 0.05) is 34.1 Å². The van der Waals surface area contributed by atoms with Gasteiger partial charge in [-0.15, -0.1) is 22.7 Å². The number of benzene rings is 1. The molecule has 4 aromatic rings. The van der Waals surface area contributed by atoms with E-state index in [4.69, 9.17) is 0 Å². The molecule has 0 aliphatic heterocycles. The van der Waals surface area contributed by atoms with E-state index in [9.17, 15) is 9.59 Å². The van der Waals surface area contributed by atoms with Crippen LogP contribution in [-0.2, 0) is 19.4 Å². The van der Waals surface area contributed by atoms with E-state index in [1.165, 1.54) is 9.58 Å². The van der Waals surface area contributed by atoms with Crippen molar-refractivity contribution in [3.63, 3.8) is 0 Å². The summed E-state index contributed by atoms with van der Waals surface area (Å²) in [6.45, 7) is 1.99. The Morgan fingerprint density at radius 3 is 2.61 bits per heavy atom. The molecule has 0 radical (unpaired) electrons. The smallest absolute Gasteiger partial charge is 0.320 e. The van der Waals surface area contributed by atoms with Gasteiger partial charge < -0.3 is 9.88 Å². The Morgan fingerprint density at radius 2 is 1.81 bits per heavy atom. The van der Waals surface area contributed by atoms with Crippen LogP contribution in [-0.4, -0.2) is 16.4 Å². The number of aryl methyl sites for hydroxylation is 1. The Balaban J connectivity index is 1.39. The number of Topliss-reactive ketones (excluding diaryl/α,β-unsaturated/α-hetero) is 1. The molecule has 0 atom stereocenters. The summed E-state index contributed by atoms with van der Waals surface area (Å²) < 4.78 is 3.27. The number of carbonyl (C=O) groups is 2. The second-order valence-electron chi connectivity index (χ2n) is 7.75. The number of carbonyl (C=O) groups excluding carboxylic acids is 2. The van der Waals surface area contributed by atoms with Gasteiger partial charge in [0.25, 0.3) is 0 Å². The molecular weight excluding hydrogens is 426 g/mol. The zero-order valence-corrected chi connectivity index (χ0v) is 18.9.